The second-order valence-corrected chi connectivity index (χ2v) is 4.57. The Morgan fingerprint density at radius 1 is 1.22 bits per heavy atom. The third kappa shape index (κ3) is 2.37. The molecule has 0 amide bonds. The molecule has 1 aromatic carbocycles. The van der Waals surface area contributed by atoms with E-state index in [2.05, 4.69) is 0 Å². The van der Waals surface area contributed by atoms with Crippen LogP contribution < -0.4 is 0 Å². The summed E-state index contributed by atoms with van der Waals surface area (Å²) in [6.45, 7) is 6.30. The number of halogens is 1. The SMILES string of the molecule is C/C=C\C1=C(C)C=C(c2ccccc2C)N(F)C1. The maximum atomic E-state index is 14.2. The fourth-order valence-corrected chi connectivity index (χ4v) is 2.18. The van der Waals surface area contributed by atoms with Crippen molar-refractivity contribution in [3.05, 3.63) is 64.8 Å². The van der Waals surface area contributed by atoms with Gasteiger partial charge in [-0.25, -0.2) is 5.12 Å². The van der Waals surface area contributed by atoms with Gasteiger partial charge in [-0.05, 0) is 43.6 Å². The van der Waals surface area contributed by atoms with Crippen molar-refractivity contribution in [2.45, 2.75) is 20.8 Å². The number of hydrogen-bond acceptors (Lipinski definition) is 1. The average Bonchev–Trinajstić information content (AvgIpc) is 2.35. The second-order valence-electron chi connectivity index (χ2n) is 4.57. The van der Waals surface area contributed by atoms with Crippen LogP contribution in [-0.4, -0.2) is 11.7 Å². The van der Waals surface area contributed by atoms with Crippen molar-refractivity contribution in [3.63, 3.8) is 0 Å². The van der Waals surface area contributed by atoms with Crippen LogP contribution in [0.3, 0.4) is 0 Å². The maximum absolute atomic E-state index is 14.2. The highest BCUT2D eigenvalue weighted by molar-refractivity contribution is 5.70. The van der Waals surface area contributed by atoms with Crippen LogP contribution in [0.4, 0.5) is 4.48 Å². The Balaban J connectivity index is 2.46. The molecule has 2 rings (SSSR count). The Hall–Kier alpha value is -1.83. The van der Waals surface area contributed by atoms with Gasteiger partial charge in [0.2, 0.25) is 0 Å². The molecule has 0 fully saturated rings. The standard InChI is InChI=1S/C16H18FN/c1-4-7-14-11-18(17)16(10-13(14)3)15-9-6-5-8-12(15)2/h4-10H,11H2,1-3H3/b7-4-. The summed E-state index contributed by atoms with van der Waals surface area (Å²) < 4.78 is 14.2. The molecule has 1 aliphatic rings. The van der Waals surface area contributed by atoms with Gasteiger partial charge in [-0.3, -0.25) is 0 Å². The Morgan fingerprint density at radius 3 is 2.61 bits per heavy atom. The Morgan fingerprint density at radius 2 is 1.94 bits per heavy atom. The van der Waals surface area contributed by atoms with Gasteiger partial charge < -0.3 is 0 Å². The number of benzene rings is 1. The Kier molecular flexibility index (Phi) is 3.66. The van der Waals surface area contributed by atoms with Crippen molar-refractivity contribution in [1.82, 2.24) is 5.12 Å². The molecule has 0 aromatic heterocycles. The highest BCUT2D eigenvalue weighted by Gasteiger charge is 2.19. The van der Waals surface area contributed by atoms with Crippen LogP contribution in [0.25, 0.3) is 5.70 Å². The molecule has 94 valence electrons. The lowest BCUT2D eigenvalue weighted by Gasteiger charge is -2.25. The van der Waals surface area contributed by atoms with Crippen LogP contribution >= 0.6 is 0 Å². The third-order valence-electron chi connectivity index (χ3n) is 3.22. The molecule has 0 spiro atoms. The van der Waals surface area contributed by atoms with E-state index < -0.39 is 0 Å². The van der Waals surface area contributed by atoms with E-state index in [4.69, 9.17) is 0 Å². The van der Waals surface area contributed by atoms with Gasteiger partial charge in [0, 0.05) is 5.56 Å². The number of aryl methyl sites for hydroxylation is 1. The van der Waals surface area contributed by atoms with Gasteiger partial charge in [0.1, 0.15) is 0 Å². The van der Waals surface area contributed by atoms with Crippen LogP contribution in [0.5, 0.6) is 0 Å². The van der Waals surface area contributed by atoms with Crippen molar-refractivity contribution >= 4 is 5.70 Å². The summed E-state index contributed by atoms with van der Waals surface area (Å²) in [5, 5.41) is 0.824. The van der Waals surface area contributed by atoms with E-state index in [0.717, 1.165) is 27.4 Å². The van der Waals surface area contributed by atoms with Crippen molar-refractivity contribution in [1.29, 1.82) is 0 Å². The van der Waals surface area contributed by atoms with Crippen LogP contribution in [-0.2, 0) is 0 Å². The van der Waals surface area contributed by atoms with Gasteiger partial charge >= 0.3 is 0 Å². The lowest BCUT2D eigenvalue weighted by molar-refractivity contribution is 0.118. The summed E-state index contributed by atoms with van der Waals surface area (Å²) in [7, 11) is 0. The molecular weight excluding hydrogens is 225 g/mol. The molecule has 0 saturated heterocycles. The second kappa shape index (κ2) is 5.21. The van der Waals surface area contributed by atoms with Crippen LogP contribution in [0.2, 0.25) is 0 Å². The predicted octanol–water partition coefficient (Wildman–Crippen LogP) is 4.43. The Bertz CT molecular complexity index is 538. The molecule has 1 nitrogen and oxygen atoms in total. The van der Waals surface area contributed by atoms with Gasteiger partial charge in [0.05, 0.1) is 12.2 Å². The van der Waals surface area contributed by atoms with E-state index in [-0.39, 0.29) is 0 Å². The first-order valence-electron chi connectivity index (χ1n) is 6.17. The largest absolute Gasteiger partial charge is 0.207 e. The number of hydrogen-bond donors (Lipinski definition) is 0. The minimum atomic E-state index is 0.316. The summed E-state index contributed by atoms with van der Waals surface area (Å²) >= 11 is 0. The molecule has 0 aliphatic carbocycles. The smallest absolute Gasteiger partial charge is 0.0769 e. The molecule has 0 atom stereocenters. The fourth-order valence-electron chi connectivity index (χ4n) is 2.18. The van der Waals surface area contributed by atoms with E-state index in [1.165, 1.54) is 0 Å². The number of rotatable bonds is 2. The zero-order chi connectivity index (χ0) is 13.1. The minimum Gasteiger partial charge on any atom is -0.207 e. The normalized spacial score (nSPS) is 16.4. The van der Waals surface area contributed by atoms with E-state index in [0.29, 0.717) is 12.2 Å². The molecule has 0 unspecified atom stereocenters. The van der Waals surface area contributed by atoms with E-state index in [9.17, 15) is 4.48 Å². The zero-order valence-corrected chi connectivity index (χ0v) is 11.1. The zero-order valence-electron chi connectivity index (χ0n) is 11.1. The molecule has 0 N–H and O–H groups in total. The van der Waals surface area contributed by atoms with Crippen LogP contribution in [0.15, 0.2) is 53.6 Å². The predicted molar refractivity (Wildman–Crippen MR) is 74.5 cm³/mol. The first-order valence-corrected chi connectivity index (χ1v) is 6.17. The lowest BCUT2D eigenvalue weighted by Crippen LogP contribution is -2.19. The minimum absolute atomic E-state index is 0.316. The molecule has 1 heterocycles. The van der Waals surface area contributed by atoms with Crippen LogP contribution in [0.1, 0.15) is 25.0 Å². The lowest BCUT2D eigenvalue weighted by atomic mass is 9.98. The van der Waals surface area contributed by atoms with Crippen molar-refractivity contribution in [2.24, 2.45) is 0 Å². The average molecular weight is 243 g/mol. The Labute approximate surface area is 108 Å². The summed E-state index contributed by atoms with van der Waals surface area (Å²) in [5.41, 5.74) is 4.85. The van der Waals surface area contributed by atoms with Gasteiger partial charge in [-0.2, -0.15) is 0 Å². The molecule has 1 aliphatic heterocycles. The molecule has 2 heteroatoms. The van der Waals surface area contributed by atoms with Crippen molar-refractivity contribution in [2.75, 3.05) is 6.54 Å². The summed E-state index contributed by atoms with van der Waals surface area (Å²) in [6, 6.07) is 7.88. The van der Waals surface area contributed by atoms with Gasteiger partial charge in [-0.15, -0.1) is 0 Å². The maximum Gasteiger partial charge on any atom is 0.0769 e. The highest BCUT2D eigenvalue weighted by Crippen LogP contribution is 2.30. The number of nitrogens with zero attached hydrogens (tertiary/aromatic N) is 1. The summed E-state index contributed by atoms with van der Waals surface area (Å²) in [5.74, 6) is 0. The topological polar surface area (TPSA) is 3.24 Å². The quantitative estimate of drug-likeness (QED) is 0.695. The van der Waals surface area contributed by atoms with Crippen molar-refractivity contribution in [3.8, 4) is 0 Å². The van der Waals surface area contributed by atoms with Crippen LogP contribution in [0, 0.1) is 6.92 Å². The molecule has 1 aromatic rings. The summed E-state index contributed by atoms with van der Waals surface area (Å²) in [4.78, 5) is 0. The number of allylic oxidation sites excluding steroid dienone is 3. The van der Waals surface area contributed by atoms with Gasteiger partial charge in [-0.1, -0.05) is 40.9 Å². The molecule has 0 bridgehead atoms. The van der Waals surface area contributed by atoms with Crippen molar-refractivity contribution < 1.29 is 4.48 Å². The highest BCUT2D eigenvalue weighted by atomic mass is 19.2. The van der Waals surface area contributed by atoms with Gasteiger partial charge in [0.25, 0.3) is 0 Å². The molecule has 0 radical (unpaired) electrons. The van der Waals surface area contributed by atoms with E-state index in [1.54, 1.807) is 0 Å². The molecule has 0 saturated carbocycles. The van der Waals surface area contributed by atoms with E-state index in [1.807, 2.05) is 63.3 Å². The van der Waals surface area contributed by atoms with E-state index >= 15 is 0 Å². The fraction of sp³-hybridized carbons (Fsp3) is 0.250. The molecular formula is C16H18FN. The first-order chi connectivity index (χ1) is 8.63. The monoisotopic (exact) mass is 243 g/mol. The summed E-state index contributed by atoms with van der Waals surface area (Å²) in [6.07, 6.45) is 5.83. The first kappa shape index (κ1) is 12.6. The molecule has 18 heavy (non-hydrogen) atoms. The van der Waals surface area contributed by atoms with Gasteiger partial charge in [0.15, 0.2) is 0 Å². The third-order valence-corrected chi connectivity index (χ3v) is 3.22.